The molecule has 1 aromatic heterocycles. The summed E-state index contributed by atoms with van der Waals surface area (Å²) < 4.78 is 66.8. The molecule has 4 rings (SSSR count). The Hall–Kier alpha value is -2.96. The Bertz CT molecular complexity index is 1240. The van der Waals surface area contributed by atoms with Crippen molar-refractivity contribution in [2.45, 2.75) is 12.6 Å². The van der Waals surface area contributed by atoms with Gasteiger partial charge in [-0.3, -0.25) is 14.4 Å². The van der Waals surface area contributed by atoms with Gasteiger partial charge in [0, 0.05) is 50.1 Å². The quantitative estimate of drug-likeness (QED) is 0.379. The van der Waals surface area contributed by atoms with E-state index in [1.54, 1.807) is 36.1 Å². The van der Waals surface area contributed by atoms with E-state index in [2.05, 4.69) is 31.2 Å². The van der Waals surface area contributed by atoms with Crippen LogP contribution in [0, 0.1) is 5.82 Å². The molecule has 0 atom stereocenters. The van der Waals surface area contributed by atoms with E-state index < -0.39 is 23.5 Å². The molecule has 1 aliphatic heterocycles. The maximum atomic E-state index is 13.6. The smallest absolute Gasteiger partial charge is 0.419 e. The summed E-state index contributed by atoms with van der Waals surface area (Å²) in [6.07, 6.45) is -2.34. The number of aromatic nitrogens is 2. The molecule has 0 spiro atoms. The molecular weight excluding hydrogens is 560 g/mol. The van der Waals surface area contributed by atoms with Gasteiger partial charge in [0.25, 0.3) is 5.91 Å². The molecule has 0 saturated carbocycles. The van der Waals surface area contributed by atoms with E-state index in [0.717, 1.165) is 32.2 Å². The SMILES string of the molecule is Cn1ncc(Br)c1-c1cc(NC(=O)c2ccc(F)c(C(F)(F)F)c2)ccc1OCCN1CCCOCC1. The van der Waals surface area contributed by atoms with Crippen molar-refractivity contribution in [1.29, 1.82) is 0 Å². The highest BCUT2D eigenvalue weighted by Gasteiger charge is 2.34. The van der Waals surface area contributed by atoms with Gasteiger partial charge in [-0.05, 0) is 58.7 Å². The van der Waals surface area contributed by atoms with Gasteiger partial charge >= 0.3 is 6.18 Å². The summed E-state index contributed by atoms with van der Waals surface area (Å²) in [5.74, 6) is -1.70. The molecule has 2 heterocycles. The lowest BCUT2D eigenvalue weighted by Crippen LogP contribution is -2.30. The van der Waals surface area contributed by atoms with Gasteiger partial charge in [0.15, 0.2) is 0 Å². The van der Waals surface area contributed by atoms with Crippen LogP contribution in [0.2, 0.25) is 0 Å². The summed E-state index contributed by atoms with van der Waals surface area (Å²) in [7, 11) is 1.75. The van der Waals surface area contributed by atoms with E-state index in [9.17, 15) is 22.4 Å². The standard InChI is InChI=1S/C25H25BrF4N4O3/c1-33-23(20(26)15-31-33)18-14-17(4-6-22(18)37-12-9-34-7-2-10-36-11-8-34)32-24(35)16-3-5-21(27)19(13-16)25(28,29)30/h3-6,13-15H,2,7-12H2,1H3,(H,32,35). The predicted octanol–water partition coefficient (Wildman–Crippen LogP) is 5.36. The molecule has 3 aromatic rings. The molecular formula is C25H25BrF4N4O3. The summed E-state index contributed by atoms with van der Waals surface area (Å²) in [6, 6.07) is 7.06. The number of hydrogen-bond donors (Lipinski definition) is 1. The van der Waals surface area contributed by atoms with Crippen molar-refractivity contribution in [1.82, 2.24) is 14.7 Å². The van der Waals surface area contributed by atoms with Gasteiger partial charge in [0.1, 0.15) is 18.2 Å². The second-order valence-corrected chi connectivity index (χ2v) is 9.33. The Morgan fingerprint density at radius 3 is 2.73 bits per heavy atom. The van der Waals surface area contributed by atoms with Gasteiger partial charge in [-0.1, -0.05) is 0 Å². The average molecular weight is 585 g/mol. The van der Waals surface area contributed by atoms with Gasteiger partial charge < -0.3 is 14.8 Å². The number of aryl methyl sites for hydroxylation is 1. The van der Waals surface area contributed by atoms with E-state index in [1.807, 2.05) is 0 Å². The van der Waals surface area contributed by atoms with Crippen molar-refractivity contribution in [3.05, 3.63) is 64.0 Å². The zero-order chi connectivity index (χ0) is 26.6. The molecule has 0 aliphatic carbocycles. The number of rotatable bonds is 7. The number of carbonyl (C=O) groups excluding carboxylic acids is 1. The molecule has 1 N–H and O–H groups in total. The summed E-state index contributed by atoms with van der Waals surface area (Å²) in [5.41, 5.74) is -0.185. The molecule has 1 saturated heterocycles. The largest absolute Gasteiger partial charge is 0.492 e. The Morgan fingerprint density at radius 1 is 1.19 bits per heavy atom. The Labute approximate surface area is 219 Å². The van der Waals surface area contributed by atoms with Crippen molar-refractivity contribution in [2.24, 2.45) is 7.05 Å². The number of nitrogens with zero attached hydrogens (tertiary/aromatic N) is 3. The third kappa shape index (κ3) is 6.68. The van der Waals surface area contributed by atoms with Gasteiger partial charge in [0.05, 0.1) is 28.5 Å². The van der Waals surface area contributed by atoms with Crippen LogP contribution >= 0.6 is 15.9 Å². The minimum Gasteiger partial charge on any atom is -0.492 e. The Kier molecular flexibility index (Phi) is 8.50. The van der Waals surface area contributed by atoms with Gasteiger partial charge in [0.2, 0.25) is 0 Å². The normalized spacial score (nSPS) is 14.9. The monoisotopic (exact) mass is 584 g/mol. The number of anilines is 1. The number of nitrogens with one attached hydrogen (secondary N) is 1. The van der Waals surface area contributed by atoms with E-state index in [1.165, 1.54) is 0 Å². The maximum Gasteiger partial charge on any atom is 0.419 e. The molecule has 198 valence electrons. The average Bonchev–Trinajstić information content (AvgIpc) is 3.02. The molecule has 0 radical (unpaired) electrons. The van der Waals surface area contributed by atoms with Crippen LogP contribution in [0.1, 0.15) is 22.3 Å². The van der Waals surface area contributed by atoms with Crippen LogP contribution in [0.3, 0.4) is 0 Å². The van der Waals surface area contributed by atoms with Crippen LogP contribution in [0.5, 0.6) is 5.75 Å². The fraction of sp³-hybridized carbons (Fsp3) is 0.360. The van der Waals surface area contributed by atoms with E-state index in [4.69, 9.17) is 9.47 Å². The summed E-state index contributed by atoms with van der Waals surface area (Å²) in [6.45, 7) is 4.31. The van der Waals surface area contributed by atoms with Crippen LogP contribution in [0.4, 0.5) is 23.2 Å². The Balaban J connectivity index is 1.56. The highest BCUT2D eigenvalue weighted by Crippen LogP contribution is 2.37. The topological polar surface area (TPSA) is 68.6 Å². The number of amides is 1. The minimum absolute atomic E-state index is 0.321. The molecule has 1 fully saturated rings. The number of ether oxygens (including phenoxy) is 2. The van der Waals surface area contributed by atoms with E-state index >= 15 is 0 Å². The van der Waals surface area contributed by atoms with Crippen molar-refractivity contribution in [3.63, 3.8) is 0 Å². The number of carbonyl (C=O) groups is 1. The molecule has 7 nitrogen and oxygen atoms in total. The van der Waals surface area contributed by atoms with Crippen LogP contribution in [-0.4, -0.2) is 60.0 Å². The molecule has 12 heteroatoms. The van der Waals surface area contributed by atoms with Crippen LogP contribution in [0.15, 0.2) is 47.1 Å². The number of hydrogen-bond acceptors (Lipinski definition) is 5. The summed E-state index contributed by atoms with van der Waals surface area (Å²) >= 11 is 3.48. The lowest BCUT2D eigenvalue weighted by molar-refractivity contribution is -0.140. The zero-order valence-electron chi connectivity index (χ0n) is 19.9. The Morgan fingerprint density at radius 2 is 2.00 bits per heavy atom. The van der Waals surface area contributed by atoms with Gasteiger partial charge in [-0.25, -0.2) is 4.39 Å². The lowest BCUT2D eigenvalue weighted by atomic mass is 10.1. The third-order valence-electron chi connectivity index (χ3n) is 5.90. The van der Waals surface area contributed by atoms with E-state index in [-0.39, 0.29) is 5.56 Å². The highest BCUT2D eigenvalue weighted by molar-refractivity contribution is 9.10. The van der Waals surface area contributed by atoms with Crippen LogP contribution < -0.4 is 10.1 Å². The second-order valence-electron chi connectivity index (χ2n) is 8.48. The first-order valence-electron chi connectivity index (χ1n) is 11.6. The molecule has 1 aliphatic rings. The first-order valence-corrected chi connectivity index (χ1v) is 12.4. The summed E-state index contributed by atoms with van der Waals surface area (Å²) in [5, 5.41) is 6.83. The fourth-order valence-electron chi connectivity index (χ4n) is 4.03. The van der Waals surface area contributed by atoms with Gasteiger partial charge in [-0.15, -0.1) is 0 Å². The molecule has 37 heavy (non-hydrogen) atoms. The summed E-state index contributed by atoms with van der Waals surface area (Å²) in [4.78, 5) is 15.0. The van der Waals surface area contributed by atoms with Crippen molar-refractivity contribution < 1.29 is 31.8 Å². The highest BCUT2D eigenvalue weighted by atomic mass is 79.9. The van der Waals surface area contributed by atoms with Gasteiger partial charge in [-0.2, -0.15) is 18.3 Å². The molecule has 1 amide bonds. The van der Waals surface area contributed by atoms with Crippen molar-refractivity contribution in [3.8, 4) is 17.0 Å². The first kappa shape index (κ1) is 27.1. The number of alkyl halides is 3. The van der Waals surface area contributed by atoms with Crippen LogP contribution in [-0.2, 0) is 18.0 Å². The van der Waals surface area contributed by atoms with E-state index in [0.29, 0.717) is 59.1 Å². The molecule has 0 unspecified atom stereocenters. The lowest BCUT2D eigenvalue weighted by Gasteiger charge is -2.20. The zero-order valence-corrected chi connectivity index (χ0v) is 21.5. The number of benzene rings is 2. The fourth-order valence-corrected chi connectivity index (χ4v) is 4.59. The minimum atomic E-state index is -4.92. The maximum absolute atomic E-state index is 13.6. The predicted molar refractivity (Wildman–Crippen MR) is 133 cm³/mol. The molecule has 2 aromatic carbocycles. The first-order chi connectivity index (χ1) is 17.6. The van der Waals surface area contributed by atoms with Crippen LogP contribution in [0.25, 0.3) is 11.3 Å². The van der Waals surface area contributed by atoms with Crippen molar-refractivity contribution in [2.75, 3.05) is 44.8 Å². The second kappa shape index (κ2) is 11.6. The van der Waals surface area contributed by atoms with Crippen molar-refractivity contribution >= 4 is 27.5 Å². The third-order valence-corrected chi connectivity index (χ3v) is 6.48. The molecule has 0 bridgehead atoms. The number of halogens is 5.